The minimum absolute atomic E-state index is 0.0469. The van der Waals surface area contributed by atoms with Crippen molar-refractivity contribution in [3.8, 4) is 5.75 Å². The molecule has 0 spiro atoms. The van der Waals surface area contributed by atoms with E-state index in [9.17, 15) is 19.5 Å². The van der Waals surface area contributed by atoms with Gasteiger partial charge in [-0.25, -0.2) is 0 Å². The van der Waals surface area contributed by atoms with Crippen LogP contribution in [0.2, 0.25) is 0 Å². The van der Waals surface area contributed by atoms with E-state index < -0.39 is 5.91 Å². The number of thioether (sulfide) groups is 1. The molecule has 9 nitrogen and oxygen atoms in total. The fourth-order valence-electron chi connectivity index (χ4n) is 4.35. The summed E-state index contributed by atoms with van der Waals surface area (Å²) in [6, 6.07) is 12.7. The number of ether oxygens (including phenoxy) is 1. The molecule has 2 atom stereocenters. The van der Waals surface area contributed by atoms with Crippen molar-refractivity contribution in [2.45, 2.75) is 29.9 Å². The van der Waals surface area contributed by atoms with Gasteiger partial charge in [0.2, 0.25) is 11.8 Å². The number of likely N-dealkylation sites (N-methyl/N-ethyl adjacent to an activating group) is 1. The van der Waals surface area contributed by atoms with Gasteiger partial charge in [-0.1, -0.05) is 18.2 Å². The largest absolute Gasteiger partial charge is 0.484 e. The monoisotopic (exact) mass is 498 g/mol. The van der Waals surface area contributed by atoms with Crippen LogP contribution >= 0.6 is 11.8 Å². The van der Waals surface area contributed by atoms with Crippen molar-refractivity contribution in [1.82, 2.24) is 9.80 Å². The lowest BCUT2D eigenvalue weighted by molar-refractivity contribution is -0.131. The smallest absolute Gasteiger partial charge is 0.255 e. The number of carbonyl (C=O) groups is 3. The number of nitrogens with zero attached hydrogens (tertiary/aromatic N) is 2. The molecule has 2 aliphatic rings. The van der Waals surface area contributed by atoms with Gasteiger partial charge in [-0.15, -0.1) is 11.8 Å². The van der Waals surface area contributed by atoms with Crippen molar-refractivity contribution in [2.24, 2.45) is 5.73 Å². The normalized spacial score (nSPS) is 18.5. The molecule has 0 aliphatic carbocycles. The summed E-state index contributed by atoms with van der Waals surface area (Å²) in [5.41, 5.74) is 7.61. The van der Waals surface area contributed by atoms with Gasteiger partial charge in [0, 0.05) is 31.6 Å². The summed E-state index contributed by atoms with van der Waals surface area (Å²) in [7, 11) is 1.77. The average molecular weight is 499 g/mol. The molecule has 3 amide bonds. The van der Waals surface area contributed by atoms with Crippen molar-refractivity contribution in [3.63, 3.8) is 0 Å². The molecule has 186 valence electrons. The number of aliphatic hydroxyl groups excluding tert-OH is 1. The SMILES string of the molecule is CN(C(=O)Cc1ccc2c(c1)NC(=O)CS2)[C@H](CN1CC[C@H](O)C1)c1cccc(OCC(N)=O)c1. The van der Waals surface area contributed by atoms with Crippen LogP contribution in [0.25, 0.3) is 0 Å². The number of fused-ring (bicyclic) bond motifs is 1. The zero-order valence-electron chi connectivity index (χ0n) is 19.6. The average Bonchev–Trinajstić information content (AvgIpc) is 3.25. The van der Waals surface area contributed by atoms with E-state index in [1.165, 1.54) is 11.8 Å². The van der Waals surface area contributed by atoms with E-state index in [0.717, 1.165) is 28.3 Å². The van der Waals surface area contributed by atoms with Crippen LogP contribution in [0.1, 0.15) is 23.6 Å². The number of nitrogens with one attached hydrogen (secondary N) is 1. The number of hydrogen-bond acceptors (Lipinski definition) is 7. The number of nitrogens with two attached hydrogens (primary N) is 1. The van der Waals surface area contributed by atoms with Crippen molar-refractivity contribution in [3.05, 3.63) is 53.6 Å². The quantitative estimate of drug-likeness (QED) is 0.477. The number of amides is 3. The fraction of sp³-hybridized carbons (Fsp3) is 0.400. The molecule has 1 fully saturated rings. The molecular formula is C25H30N4O5S. The number of primary amides is 1. The summed E-state index contributed by atoms with van der Waals surface area (Å²) in [6.07, 6.45) is 0.511. The number of likely N-dealkylation sites (tertiary alicyclic amines) is 1. The van der Waals surface area contributed by atoms with Crippen LogP contribution in [-0.2, 0) is 20.8 Å². The van der Waals surface area contributed by atoms with Crippen LogP contribution in [0.5, 0.6) is 5.75 Å². The first-order valence-corrected chi connectivity index (χ1v) is 12.5. The van der Waals surface area contributed by atoms with Gasteiger partial charge in [-0.05, 0) is 41.8 Å². The third-order valence-corrected chi connectivity index (χ3v) is 7.27. The summed E-state index contributed by atoms with van der Waals surface area (Å²) in [5.74, 6) is 0.201. The first kappa shape index (κ1) is 25.0. The molecule has 1 saturated heterocycles. The van der Waals surface area contributed by atoms with Crippen LogP contribution in [0.3, 0.4) is 0 Å². The third-order valence-electron chi connectivity index (χ3n) is 6.20. The molecule has 4 rings (SSSR count). The molecule has 2 aliphatic heterocycles. The molecule has 0 aromatic heterocycles. The topological polar surface area (TPSA) is 125 Å². The Morgan fingerprint density at radius 1 is 1.31 bits per heavy atom. The molecule has 2 aromatic carbocycles. The Morgan fingerprint density at radius 2 is 2.14 bits per heavy atom. The number of β-amino-alcohol motifs (C(OH)–C–C–N with tert-alkyl or cyclic N) is 1. The van der Waals surface area contributed by atoms with Crippen molar-refractivity contribution >= 4 is 35.2 Å². The van der Waals surface area contributed by atoms with Crippen molar-refractivity contribution in [1.29, 1.82) is 0 Å². The van der Waals surface area contributed by atoms with Gasteiger partial charge in [-0.2, -0.15) is 0 Å². The van der Waals surface area contributed by atoms with Crippen molar-refractivity contribution < 1.29 is 24.2 Å². The van der Waals surface area contributed by atoms with Gasteiger partial charge in [0.25, 0.3) is 5.91 Å². The van der Waals surface area contributed by atoms with Gasteiger partial charge >= 0.3 is 0 Å². The first-order chi connectivity index (χ1) is 16.8. The second kappa shape index (κ2) is 11.1. The van der Waals surface area contributed by atoms with E-state index in [1.54, 1.807) is 18.0 Å². The molecule has 0 saturated carbocycles. The zero-order chi connectivity index (χ0) is 24.9. The van der Waals surface area contributed by atoms with E-state index in [1.807, 2.05) is 36.4 Å². The Bertz CT molecular complexity index is 1110. The minimum atomic E-state index is -0.565. The predicted octanol–water partition coefficient (Wildman–Crippen LogP) is 1.40. The molecule has 2 heterocycles. The molecule has 0 bridgehead atoms. The molecule has 10 heteroatoms. The van der Waals surface area contributed by atoms with Crippen LogP contribution < -0.4 is 15.8 Å². The van der Waals surface area contributed by atoms with Gasteiger partial charge in [-0.3, -0.25) is 19.3 Å². The van der Waals surface area contributed by atoms with E-state index in [4.69, 9.17) is 10.5 Å². The van der Waals surface area contributed by atoms with Gasteiger partial charge in [0.05, 0.1) is 30.0 Å². The Labute approximate surface area is 208 Å². The summed E-state index contributed by atoms with van der Waals surface area (Å²) < 4.78 is 5.47. The van der Waals surface area contributed by atoms with E-state index in [-0.39, 0.29) is 37.0 Å². The first-order valence-electron chi connectivity index (χ1n) is 11.5. The van der Waals surface area contributed by atoms with E-state index >= 15 is 0 Å². The maximum absolute atomic E-state index is 13.4. The van der Waals surface area contributed by atoms with E-state index in [2.05, 4.69) is 10.2 Å². The standard InChI is InChI=1S/C25H30N4O5S/c1-28(25(33)10-16-5-6-22-20(9-16)27-24(32)15-35-22)21(13-29-8-7-18(30)12-29)17-3-2-4-19(11-17)34-14-23(26)31/h2-6,9,11,18,21,30H,7-8,10,12-15H2,1H3,(H2,26,31)(H,27,32)/t18-,21+/m0/s1. The Kier molecular flexibility index (Phi) is 7.94. The number of aliphatic hydroxyl groups is 1. The van der Waals surface area contributed by atoms with Crippen molar-refractivity contribution in [2.75, 3.05) is 44.4 Å². The number of rotatable bonds is 9. The highest BCUT2D eigenvalue weighted by atomic mass is 32.2. The molecule has 4 N–H and O–H groups in total. The lowest BCUT2D eigenvalue weighted by Gasteiger charge is -2.32. The maximum Gasteiger partial charge on any atom is 0.255 e. The fourth-order valence-corrected chi connectivity index (χ4v) is 5.14. The highest BCUT2D eigenvalue weighted by molar-refractivity contribution is 8.00. The summed E-state index contributed by atoms with van der Waals surface area (Å²) in [5, 5.41) is 12.9. The Hall–Kier alpha value is -3.08. The molecule has 0 unspecified atom stereocenters. The molecule has 2 aromatic rings. The lowest BCUT2D eigenvalue weighted by atomic mass is 10.0. The van der Waals surface area contributed by atoms with Crippen LogP contribution in [0, 0.1) is 0 Å². The van der Waals surface area contributed by atoms with Crippen LogP contribution in [-0.4, -0.2) is 77.8 Å². The number of hydrogen-bond donors (Lipinski definition) is 3. The molecule has 0 radical (unpaired) electrons. The number of carbonyl (C=O) groups excluding carboxylic acids is 3. The highest BCUT2D eigenvalue weighted by Gasteiger charge is 2.28. The number of benzene rings is 2. The molecular weight excluding hydrogens is 468 g/mol. The summed E-state index contributed by atoms with van der Waals surface area (Å²) in [4.78, 5) is 41.1. The molecule has 35 heavy (non-hydrogen) atoms. The van der Waals surface area contributed by atoms with Gasteiger partial charge in [0.1, 0.15) is 5.75 Å². The van der Waals surface area contributed by atoms with Crippen LogP contribution in [0.15, 0.2) is 47.4 Å². The predicted molar refractivity (Wildman–Crippen MR) is 133 cm³/mol. The second-order valence-corrected chi connectivity index (χ2v) is 9.91. The summed E-state index contributed by atoms with van der Waals surface area (Å²) >= 11 is 1.48. The third kappa shape index (κ3) is 6.53. The summed E-state index contributed by atoms with van der Waals surface area (Å²) in [6.45, 7) is 1.63. The zero-order valence-corrected chi connectivity index (χ0v) is 20.4. The Balaban J connectivity index is 1.53. The second-order valence-electron chi connectivity index (χ2n) is 8.89. The highest BCUT2D eigenvalue weighted by Crippen LogP contribution is 2.32. The van der Waals surface area contributed by atoms with E-state index in [0.29, 0.717) is 31.0 Å². The Morgan fingerprint density at radius 3 is 2.89 bits per heavy atom. The van der Waals surface area contributed by atoms with Crippen LogP contribution in [0.4, 0.5) is 5.69 Å². The minimum Gasteiger partial charge on any atom is -0.484 e. The van der Waals surface area contributed by atoms with Gasteiger partial charge in [0.15, 0.2) is 6.61 Å². The number of anilines is 1. The maximum atomic E-state index is 13.4. The van der Waals surface area contributed by atoms with Gasteiger partial charge < -0.3 is 25.8 Å². The lowest BCUT2D eigenvalue weighted by Crippen LogP contribution is -2.39.